The Labute approximate surface area is 461 Å². The van der Waals surface area contributed by atoms with Crippen molar-refractivity contribution in [2.45, 2.75) is 211 Å². The van der Waals surface area contributed by atoms with Crippen LogP contribution in [0.15, 0.2) is 106 Å². The molecule has 16 nitrogen and oxygen atoms in total. The number of carbonyl (C=O) groups excluding carboxylic acids is 8. The van der Waals surface area contributed by atoms with Crippen LogP contribution >= 0.6 is 0 Å². The monoisotopic (exact) mass is 1080 g/mol. The largest absolute Gasteiger partial charge is 0.462 e. The molecule has 0 atom stereocenters. The zero-order valence-corrected chi connectivity index (χ0v) is 48.8. The summed E-state index contributed by atoms with van der Waals surface area (Å²) in [4.78, 5) is 113. The molecule has 0 aromatic carbocycles. The molecule has 4 aliphatic rings. The normalized spacial score (nSPS) is 18.8. The fourth-order valence-corrected chi connectivity index (χ4v) is 9.87. The number of ether oxygens (including phenoxy) is 8. The molecule has 0 aromatic rings. The minimum atomic E-state index is -1.86. The topological polar surface area (TPSA) is 210 Å². The number of esters is 8. The molecule has 0 aliphatic heterocycles. The lowest BCUT2D eigenvalue weighted by molar-refractivity contribution is -0.178. The first-order valence-electron chi connectivity index (χ1n) is 27.2. The summed E-state index contributed by atoms with van der Waals surface area (Å²) in [5, 5.41) is 0. The quantitative estimate of drug-likeness (QED) is 0.0500. The van der Waals surface area contributed by atoms with Crippen LogP contribution in [0.3, 0.4) is 0 Å². The Bertz CT molecular complexity index is 2330. The van der Waals surface area contributed by atoms with Crippen molar-refractivity contribution in [3.63, 3.8) is 0 Å². The van der Waals surface area contributed by atoms with Gasteiger partial charge in [-0.2, -0.15) is 0 Å². The standard InChI is InChI=1S/C62H84O16/c1-19-43-27-59(51(63)71-35(3)4,52(64)72-36(5)6)29-45(43)21-23-47-31-61(55(67)75-39(11)12,56(68)76-40(13)14)33-49(47)25-26-50-34-62(57(69)77-41(15)16,58(70)78-42(17)18)32-48(50)24-22-46-30-60(28-44(46)20-2,53(65)73-37(7)8)54(66)74-38(9)10/h19-26,35-42H,1-2,27-34H2,3-18H3. The van der Waals surface area contributed by atoms with Crippen molar-refractivity contribution in [2.75, 3.05) is 0 Å². The molecule has 0 radical (unpaired) electrons. The molecule has 0 heterocycles. The predicted molar refractivity (Wildman–Crippen MR) is 292 cm³/mol. The number of hydrogen-bond donors (Lipinski definition) is 0. The Morgan fingerprint density at radius 3 is 0.500 bits per heavy atom. The van der Waals surface area contributed by atoms with Gasteiger partial charge in [-0.15, -0.1) is 0 Å². The highest BCUT2D eigenvalue weighted by molar-refractivity contribution is 6.04. The van der Waals surface area contributed by atoms with Crippen LogP contribution < -0.4 is 0 Å². The van der Waals surface area contributed by atoms with Gasteiger partial charge in [-0.3, -0.25) is 38.4 Å². The highest BCUT2D eigenvalue weighted by atomic mass is 16.6. The van der Waals surface area contributed by atoms with E-state index in [0.29, 0.717) is 44.6 Å². The lowest BCUT2D eigenvalue weighted by Gasteiger charge is -2.27. The first kappa shape index (κ1) is 63.9. The van der Waals surface area contributed by atoms with Crippen LogP contribution in [0.5, 0.6) is 0 Å². The molecule has 0 aromatic heterocycles. The Morgan fingerprint density at radius 1 is 0.269 bits per heavy atom. The summed E-state index contributed by atoms with van der Waals surface area (Å²) in [6, 6.07) is 0. The molecule has 0 saturated heterocycles. The minimum absolute atomic E-state index is 0.0502. The van der Waals surface area contributed by atoms with Gasteiger partial charge in [-0.1, -0.05) is 61.8 Å². The van der Waals surface area contributed by atoms with E-state index in [1.807, 2.05) is 0 Å². The molecule has 0 amide bonds. The molecule has 0 spiro atoms. The third kappa shape index (κ3) is 14.8. The van der Waals surface area contributed by atoms with Gasteiger partial charge in [0.05, 0.1) is 48.8 Å². The maximum atomic E-state index is 14.4. The highest BCUT2D eigenvalue weighted by Gasteiger charge is 2.58. The molecular weight excluding hydrogens is 1000 g/mol. The Hall–Kier alpha value is -6.58. The summed E-state index contributed by atoms with van der Waals surface area (Å²) < 4.78 is 45.7. The fraction of sp³-hybridized carbons (Fsp3) is 0.581. The van der Waals surface area contributed by atoms with Crippen LogP contribution in [0.1, 0.15) is 162 Å². The van der Waals surface area contributed by atoms with Gasteiger partial charge in [-0.05, 0) is 207 Å². The minimum Gasteiger partial charge on any atom is -0.462 e. The Kier molecular flexibility index (Phi) is 21.6. The second-order valence-corrected chi connectivity index (χ2v) is 23.0. The summed E-state index contributed by atoms with van der Waals surface area (Å²) in [6.07, 6.45) is 7.91. The average Bonchev–Trinajstić information content (AvgIpc) is 4.11. The first-order valence-corrected chi connectivity index (χ1v) is 27.2. The molecule has 0 bridgehead atoms. The number of carbonyl (C=O) groups is 8. The van der Waals surface area contributed by atoms with Crippen LogP contribution in [0.4, 0.5) is 0 Å². The van der Waals surface area contributed by atoms with E-state index in [2.05, 4.69) is 13.2 Å². The first-order chi connectivity index (χ1) is 36.3. The molecule has 428 valence electrons. The molecular formula is C62H84O16. The lowest BCUT2D eigenvalue weighted by Crippen LogP contribution is -2.42. The van der Waals surface area contributed by atoms with Gasteiger partial charge >= 0.3 is 47.8 Å². The van der Waals surface area contributed by atoms with Gasteiger partial charge < -0.3 is 37.9 Å². The summed E-state index contributed by atoms with van der Waals surface area (Å²) in [7, 11) is 0. The second kappa shape index (κ2) is 26.4. The second-order valence-electron chi connectivity index (χ2n) is 23.0. The zero-order valence-electron chi connectivity index (χ0n) is 48.8. The molecule has 4 rings (SSSR count). The number of allylic oxidation sites excluding steroid dienone is 16. The van der Waals surface area contributed by atoms with Gasteiger partial charge in [0.2, 0.25) is 0 Å². The van der Waals surface area contributed by atoms with E-state index >= 15 is 0 Å². The third-order valence-corrected chi connectivity index (χ3v) is 13.4. The smallest absolute Gasteiger partial charge is 0.324 e. The van der Waals surface area contributed by atoms with E-state index in [9.17, 15) is 38.4 Å². The summed E-state index contributed by atoms with van der Waals surface area (Å²) >= 11 is 0. The SMILES string of the molecule is C=CC1=C(C=CC2=C(C=CC3=C(C=CC4=C(C=C)CC(C(=O)OC(C)C)(C(=O)OC(C)C)C4)CC(C(=O)OC(C)C)(C(=O)OC(C)C)C3)CC(C(=O)OC(C)C)(C(=O)OC(C)C)C2)CC(C(=O)OC(C)C)(C(=O)OC(C)C)C1. The van der Waals surface area contributed by atoms with Crippen LogP contribution in [-0.4, -0.2) is 96.6 Å². The van der Waals surface area contributed by atoms with Crippen molar-refractivity contribution in [1.82, 2.24) is 0 Å². The van der Waals surface area contributed by atoms with Gasteiger partial charge in [-0.25, -0.2) is 0 Å². The maximum Gasteiger partial charge on any atom is 0.324 e. The summed E-state index contributed by atoms with van der Waals surface area (Å²) in [6.45, 7) is 34.8. The highest BCUT2D eigenvalue weighted by Crippen LogP contribution is 2.51. The van der Waals surface area contributed by atoms with Crippen LogP contribution in [0, 0.1) is 21.7 Å². The van der Waals surface area contributed by atoms with Gasteiger partial charge in [0, 0.05) is 0 Å². The Balaban J connectivity index is 2.02. The molecule has 0 N–H and O–H groups in total. The molecule has 16 heteroatoms. The van der Waals surface area contributed by atoms with Crippen LogP contribution in [0.2, 0.25) is 0 Å². The van der Waals surface area contributed by atoms with Crippen LogP contribution in [0.25, 0.3) is 0 Å². The maximum absolute atomic E-state index is 14.4. The molecule has 4 aliphatic carbocycles. The van der Waals surface area contributed by atoms with E-state index < -0.39 is 118 Å². The van der Waals surface area contributed by atoms with E-state index in [1.54, 1.807) is 159 Å². The van der Waals surface area contributed by atoms with E-state index in [0.717, 1.165) is 0 Å². The van der Waals surface area contributed by atoms with E-state index in [4.69, 9.17) is 37.9 Å². The van der Waals surface area contributed by atoms with Crippen molar-refractivity contribution in [1.29, 1.82) is 0 Å². The number of hydrogen-bond acceptors (Lipinski definition) is 16. The van der Waals surface area contributed by atoms with Gasteiger partial charge in [0.25, 0.3) is 0 Å². The molecule has 78 heavy (non-hydrogen) atoms. The number of rotatable bonds is 24. The van der Waals surface area contributed by atoms with E-state index in [1.165, 1.54) is 0 Å². The Morgan fingerprint density at radius 2 is 0.385 bits per heavy atom. The van der Waals surface area contributed by atoms with Crippen molar-refractivity contribution >= 4 is 47.8 Å². The third-order valence-electron chi connectivity index (χ3n) is 13.4. The van der Waals surface area contributed by atoms with Gasteiger partial charge in [0.1, 0.15) is 0 Å². The summed E-state index contributed by atoms with van der Waals surface area (Å²) in [5.74, 6) is -6.19. The average molecular weight is 1090 g/mol. The van der Waals surface area contributed by atoms with Crippen molar-refractivity contribution in [3.05, 3.63) is 106 Å². The predicted octanol–water partition coefficient (Wildman–Crippen LogP) is 10.9. The van der Waals surface area contributed by atoms with Crippen LogP contribution in [-0.2, 0) is 76.3 Å². The van der Waals surface area contributed by atoms with Gasteiger partial charge in [0.15, 0.2) is 21.7 Å². The van der Waals surface area contributed by atoms with Crippen molar-refractivity contribution in [3.8, 4) is 0 Å². The lowest BCUT2D eigenvalue weighted by atomic mass is 9.82. The fourth-order valence-electron chi connectivity index (χ4n) is 9.87. The molecule has 0 saturated carbocycles. The van der Waals surface area contributed by atoms with Crippen molar-refractivity contribution in [2.24, 2.45) is 21.7 Å². The molecule has 0 fully saturated rings. The zero-order chi connectivity index (χ0) is 58.8. The van der Waals surface area contributed by atoms with Crippen molar-refractivity contribution < 1.29 is 76.3 Å². The molecule has 0 unspecified atom stereocenters. The van der Waals surface area contributed by atoms with E-state index in [-0.39, 0.29) is 51.4 Å². The summed E-state index contributed by atoms with van der Waals surface area (Å²) in [5.41, 5.74) is -2.87.